The van der Waals surface area contributed by atoms with Crippen molar-refractivity contribution in [2.24, 2.45) is 7.05 Å². The van der Waals surface area contributed by atoms with Crippen LogP contribution in [0.25, 0.3) is 22.4 Å². The molecule has 3 rings (SSSR count). The van der Waals surface area contributed by atoms with E-state index in [1.54, 1.807) is 29.5 Å². The molecule has 94 valence electrons. The molecule has 0 aliphatic heterocycles. The zero-order valence-electron chi connectivity index (χ0n) is 10.4. The predicted octanol–water partition coefficient (Wildman–Crippen LogP) is 1.52. The van der Waals surface area contributed by atoms with Crippen LogP contribution in [0, 0.1) is 0 Å². The summed E-state index contributed by atoms with van der Waals surface area (Å²) in [6, 6.07) is 3.81. The summed E-state index contributed by atoms with van der Waals surface area (Å²) in [6.07, 6.45) is 8.39. The smallest absolute Gasteiger partial charge is 0.129 e. The summed E-state index contributed by atoms with van der Waals surface area (Å²) in [5.41, 5.74) is 9.56. The van der Waals surface area contributed by atoms with Gasteiger partial charge in [0.1, 0.15) is 17.8 Å². The first-order chi connectivity index (χ1) is 9.27. The number of aryl methyl sites for hydroxylation is 1. The topological polar surface area (TPSA) is 82.5 Å². The molecule has 0 fully saturated rings. The van der Waals surface area contributed by atoms with Crippen LogP contribution < -0.4 is 5.73 Å². The number of rotatable bonds is 2. The summed E-state index contributed by atoms with van der Waals surface area (Å²) < 4.78 is 1.65. The second-order valence-corrected chi connectivity index (χ2v) is 4.10. The van der Waals surface area contributed by atoms with Crippen molar-refractivity contribution in [3.63, 3.8) is 0 Å². The molecule has 0 aromatic carbocycles. The van der Waals surface area contributed by atoms with E-state index in [-0.39, 0.29) is 0 Å². The Kier molecular flexibility index (Phi) is 2.68. The fraction of sp³-hybridized carbons (Fsp3) is 0.0769. The van der Waals surface area contributed by atoms with E-state index < -0.39 is 0 Å². The van der Waals surface area contributed by atoms with Crippen molar-refractivity contribution < 1.29 is 0 Å². The van der Waals surface area contributed by atoms with E-state index in [4.69, 9.17) is 5.73 Å². The number of anilines is 1. The molecular weight excluding hydrogens is 240 g/mol. The SMILES string of the molecule is Cn1nc(-c2cncnc2)c(-c2ccncc2)c1N. The highest BCUT2D eigenvalue weighted by molar-refractivity contribution is 5.87. The molecule has 6 nitrogen and oxygen atoms in total. The fourth-order valence-corrected chi connectivity index (χ4v) is 1.96. The maximum atomic E-state index is 6.11. The molecule has 0 aliphatic carbocycles. The minimum Gasteiger partial charge on any atom is -0.383 e. The zero-order chi connectivity index (χ0) is 13.2. The maximum Gasteiger partial charge on any atom is 0.129 e. The first-order valence-electron chi connectivity index (χ1n) is 5.75. The summed E-state index contributed by atoms with van der Waals surface area (Å²) in [7, 11) is 1.81. The summed E-state index contributed by atoms with van der Waals surface area (Å²) in [4.78, 5) is 12.1. The highest BCUT2D eigenvalue weighted by Crippen LogP contribution is 2.34. The minimum absolute atomic E-state index is 0.602. The third-order valence-electron chi connectivity index (χ3n) is 2.89. The van der Waals surface area contributed by atoms with Gasteiger partial charge in [-0.05, 0) is 17.7 Å². The standard InChI is InChI=1S/C13H12N6/c1-19-13(14)11(9-2-4-15-5-3-9)12(18-19)10-6-16-8-17-7-10/h2-8H,14H2,1H3. The van der Waals surface area contributed by atoms with Crippen LogP contribution in [-0.2, 0) is 7.05 Å². The molecule has 2 N–H and O–H groups in total. The molecule has 3 heterocycles. The zero-order valence-corrected chi connectivity index (χ0v) is 10.4. The van der Waals surface area contributed by atoms with Crippen molar-refractivity contribution in [1.82, 2.24) is 24.7 Å². The van der Waals surface area contributed by atoms with E-state index in [1.807, 2.05) is 19.2 Å². The van der Waals surface area contributed by atoms with Gasteiger partial charge in [0.2, 0.25) is 0 Å². The first-order valence-corrected chi connectivity index (χ1v) is 5.75. The molecule has 0 saturated carbocycles. The van der Waals surface area contributed by atoms with Gasteiger partial charge in [-0.3, -0.25) is 9.67 Å². The van der Waals surface area contributed by atoms with Gasteiger partial charge in [-0.1, -0.05) is 0 Å². The third-order valence-corrected chi connectivity index (χ3v) is 2.89. The molecule has 0 radical (unpaired) electrons. The van der Waals surface area contributed by atoms with Gasteiger partial charge >= 0.3 is 0 Å². The van der Waals surface area contributed by atoms with Gasteiger partial charge < -0.3 is 5.73 Å². The van der Waals surface area contributed by atoms with E-state index in [1.165, 1.54) is 6.33 Å². The van der Waals surface area contributed by atoms with Crippen molar-refractivity contribution >= 4 is 5.82 Å². The Morgan fingerprint density at radius 1 is 1.00 bits per heavy atom. The number of nitrogen functional groups attached to an aromatic ring is 1. The van der Waals surface area contributed by atoms with Crippen molar-refractivity contribution in [2.75, 3.05) is 5.73 Å². The molecule has 0 aliphatic rings. The van der Waals surface area contributed by atoms with Gasteiger partial charge in [-0.15, -0.1) is 0 Å². The fourth-order valence-electron chi connectivity index (χ4n) is 1.96. The lowest BCUT2D eigenvalue weighted by Crippen LogP contribution is -1.97. The predicted molar refractivity (Wildman–Crippen MR) is 71.9 cm³/mol. The average molecular weight is 252 g/mol. The number of pyridine rings is 1. The highest BCUT2D eigenvalue weighted by atomic mass is 15.3. The molecule has 6 heteroatoms. The lowest BCUT2D eigenvalue weighted by molar-refractivity contribution is 0.782. The third kappa shape index (κ3) is 1.93. The molecule has 0 unspecified atom stereocenters. The van der Waals surface area contributed by atoms with E-state index in [9.17, 15) is 0 Å². The van der Waals surface area contributed by atoms with Crippen LogP contribution >= 0.6 is 0 Å². The lowest BCUT2D eigenvalue weighted by Gasteiger charge is -2.03. The number of nitrogens with two attached hydrogens (primary N) is 1. The molecule has 19 heavy (non-hydrogen) atoms. The molecule has 3 aromatic rings. The van der Waals surface area contributed by atoms with Gasteiger partial charge in [-0.25, -0.2) is 9.97 Å². The quantitative estimate of drug-likeness (QED) is 0.747. The average Bonchev–Trinajstić information content (AvgIpc) is 2.77. The molecular formula is C13H12N6. The van der Waals surface area contributed by atoms with Crippen LogP contribution in [0.4, 0.5) is 5.82 Å². The van der Waals surface area contributed by atoms with Gasteiger partial charge in [0.15, 0.2) is 0 Å². The number of hydrogen-bond acceptors (Lipinski definition) is 5. The van der Waals surface area contributed by atoms with Crippen LogP contribution in [0.2, 0.25) is 0 Å². The van der Waals surface area contributed by atoms with E-state index >= 15 is 0 Å². The van der Waals surface area contributed by atoms with Gasteiger partial charge in [0.25, 0.3) is 0 Å². The monoisotopic (exact) mass is 252 g/mol. The second-order valence-electron chi connectivity index (χ2n) is 4.10. The van der Waals surface area contributed by atoms with Gasteiger partial charge in [0, 0.05) is 37.4 Å². The minimum atomic E-state index is 0.602. The van der Waals surface area contributed by atoms with E-state index in [0.29, 0.717) is 5.82 Å². The Balaban J connectivity index is 2.25. The molecule has 3 aromatic heterocycles. The van der Waals surface area contributed by atoms with E-state index in [2.05, 4.69) is 20.1 Å². The Hall–Kier alpha value is -2.76. The first kappa shape index (κ1) is 11.3. The van der Waals surface area contributed by atoms with Crippen molar-refractivity contribution in [3.05, 3.63) is 43.2 Å². The van der Waals surface area contributed by atoms with Crippen molar-refractivity contribution in [2.45, 2.75) is 0 Å². The van der Waals surface area contributed by atoms with Crippen molar-refractivity contribution in [1.29, 1.82) is 0 Å². The van der Waals surface area contributed by atoms with Crippen LogP contribution in [-0.4, -0.2) is 24.7 Å². The second kappa shape index (κ2) is 4.49. The largest absolute Gasteiger partial charge is 0.383 e. The molecule has 0 spiro atoms. The number of nitrogens with zero attached hydrogens (tertiary/aromatic N) is 5. The number of hydrogen-bond donors (Lipinski definition) is 1. The summed E-state index contributed by atoms with van der Waals surface area (Å²) in [5, 5.41) is 4.45. The Bertz CT molecular complexity index is 690. The summed E-state index contributed by atoms with van der Waals surface area (Å²) in [6.45, 7) is 0. The Labute approximate surface area is 110 Å². The van der Waals surface area contributed by atoms with Gasteiger partial charge in [-0.2, -0.15) is 5.10 Å². The van der Waals surface area contributed by atoms with Gasteiger partial charge in [0.05, 0.1) is 5.56 Å². The molecule has 0 bridgehead atoms. The highest BCUT2D eigenvalue weighted by Gasteiger charge is 2.17. The van der Waals surface area contributed by atoms with E-state index in [0.717, 1.165) is 22.4 Å². The van der Waals surface area contributed by atoms with Crippen LogP contribution in [0.1, 0.15) is 0 Å². The Morgan fingerprint density at radius 2 is 1.68 bits per heavy atom. The summed E-state index contributed by atoms with van der Waals surface area (Å²) in [5.74, 6) is 0.602. The lowest BCUT2D eigenvalue weighted by atomic mass is 10.0. The molecule has 0 amide bonds. The van der Waals surface area contributed by atoms with Crippen LogP contribution in [0.5, 0.6) is 0 Å². The van der Waals surface area contributed by atoms with Crippen LogP contribution in [0.15, 0.2) is 43.2 Å². The summed E-state index contributed by atoms with van der Waals surface area (Å²) >= 11 is 0. The Morgan fingerprint density at radius 3 is 2.37 bits per heavy atom. The molecule has 0 atom stereocenters. The normalized spacial score (nSPS) is 10.6. The van der Waals surface area contributed by atoms with Crippen LogP contribution in [0.3, 0.4) is 0 Å². The van der Waals surface area contributed by atoms with Crippen molar-refractivity contribution in [3.8, 4) is 22.4 Å². The molecule has 0 saturated heterocycles. The number of aromatic nitrogens is 5. The maximum absolute atomic E-state index is 6.11.